The van der Waals surface area contributed by atoms with Gasteiger partial charge in [-0.1, -0.05) is 36.8 Å². The van der Waals surface area contributed by atoms with Gasteiger partial charge < -0.3 is 4.57 Å². The van der Waals surface area contributed by atoms with Crippen LogP contribution in [0.2, 0.25) is 0 Å². The maximum absolute atomic E-state index is 12.4. The van der Waals surface area contributed by atoms with Crippen LogP contribution < -0.4 is 0 Å². The van der Waals surface area contributed by atoms with E-state index in [4.69, 9.17) is 0 Å². The zero-order valence-electron chi connectivity index (χ0n) is 12.1. The first kappa shape index (κ1) is 14.3. The Hall–Kier alpha value is -2.16. The SMILES string of the molecule is CCC(=O)Cc1ccc(C(=O)c2ccc(C)cc2)n1C. The Bertz CT molecular complexity index is 636. The number of carbonyl (C=O) groups excluding carboxylic acids is 2. The molecule has 1 aromatic carbocycles. The normalized spacial score (nSPS) is 10.6. The van der Waals surface area contributed by atoms with Crippen molar-refractivity contribution in [2.45, 2.75) is 26.7 Å². The number of ketones is 2. The monoisotopic (exact) mass is 269 g/mol. The fourth-order valence-corrected chi connectivity index (χ4v) is 2.14. The zero-order valence-corrected chi connectivity index (χ0v) is 12.1. The third-order valence-electron chi connectivity index (χ3n) is 3.54. The first-order valence-electron chi connectivity index (χ1n) is 6.80. The lowest BCUT2D eigenvalue weighted by Gasteiger charge is -2.07. The topological polar surface area (TPSA) is 39.1 Å². The molecule has 0 saturated carbocycles. The number of hydrogen-bond donors (Lipinski definition) is 0. The van der Waals surface area contributed by atoms with Gasteiger partial charge in [0.15, 0.2) is 0 Å². The highest BCUT2D eigenvalue weighted by atomic mass is 16.1. The molecule has 0 aliphatic carbocycles. The van der Waals surface area contributed by atoms with Crippen LogP contribution in [0.5, 0.6) is 0 Å². The predicted molar refractivity (Wildman–Crippen MR) is 79.0 cm³/mol. The highest BCUT2D eigenvalue weighted by Crippen LogP contribution is 2.15. The van der Waals surface area contributed by atoms with Crippen molar-refractivity contribution in [2.24, 2.45) is 7.05 Å². The molecule has 0 radical (unpaired) electrons. The van der Waals surface area contributed by atoms with E-state index in [0.717, 1.165) is 11.3 Å². The van der Waals surface area contributed by atoms with Crippen molar-refractivity contribution < 1.29 is 9.59 Å². The minimum Gasteiger partial charge on any atom is -0.345 e. The van der Waals surface area contributed by atoms with Gasteiger partial charge in [-0.3, -0.25) is 9.59 Å². The Morgan fingerprint density at radius 2 is 1.70 bits per heavy atom. The summed E-state index contributed by atoms with van der Waals surface area (Å²) < 4.78 is 1.82. The van der Waals surface area contributed by atoms with Gasteiger partial charge >= 0.3 is 0 Å². The number of carbonyl (C=O) groups is 2. The van der Waals surface area contributed by atoms with Gasteiger partial charge in [0.1, 0.15) is 5.78 Å². The molecule has 0 aliphatic heterocycles. The third kappa shape index (κ3) is 2.87. The lowest BCUT2D eigenvalue weighted by Crippen LogP contribution is -2.11. The summed E-state index contributed by atoms with van der Waals surface area (Å²) in [7, 11) is 1.83. The molecule has 0 spiro atoms. The maximum Gasteiger partial charge on any atom is 0.209 e. The van der Waals surface area contributed by atoms with Gasteiger partial charge in [-0.25, -0.2) is 0 Å². The molecule has 1 aromatic heterocycles. The number of benzene rings is 1. The van der Waals surface area contributed by atoms with Crippen LogP contribution in [0.3, 0.4) is 0 Å². The molecule has 0 saturated heterocycles. The smallest absolute Gasteiger partial charge is 0.209 e. The molecule has 0 N–H and O–H groups in total. The van der Waals surface area contributed by atoms with Crippen LogP contribution in [0, 0.1) is 6.92 Å². The van der Waals surface area contributed by atoms with Crippen LogP contribution in [0.15, 0.2) is 36.4 Å². The molecule has 20 heavy (non-hydrogen) atoms. The maximum atomic E-state index is 12.4. The molecule has 0 unspecified atom stereocenters. The van der Waals surface area contributed by atoms with E-state index in [1.54, 1.807) is 6.07 Å². The number of Topliss-reactive ketones (excluding diaryl/α,β-unsaturated/α-hetero) is 1. The minimum atomic E-state index is -0.0114. The van der Waals surface area contributed by atoms with Crippen LogP contribution in [-0.4, -0.2) is 16.1 Å². The molecule has 0 bridgehead atoms. The van der Waals surface area contributed by atoms with E-state index in [1.807, 2.05) is 55.8 Å². The summed E-state index contributed by atoms with van der Waals surface area (Å²) in [5, 5.41) is 0. The fourth-order valence-electron chi connectivity index (χ4n) is 2.14. The summed E-state index contributed by atoms with van der Waals surface area (Å²) in [5.41, 5.74) is 3.30. The number of hydrogen-bond acceptors (Lipinski definition) is 2. The van der Waals surface area contributed by atoms with Gasteiger partial charge in [-0.2, -0.15) is 0 Å². The van der Waals surface area contributed by atoms with Crippen LogP contribution in [-0.2, 0) is 18.3 Å². The Labute approximate surface area is 119 Å². The summed E-state index contributed by atoms with van der Waals surface area (Å²) in [6.45, 7) is 3.84. The molecule has 3 nitrogen and oxygen atoms in total. The second kappa shape index (κ2) is 5.87. The van der Waals surface area contributed by atoms with E-state index in [2.05, 4.69) is 0 Å². The molecule has 3 heteroatoms. The van der Waals surface area contributed by atoms with Crippen molar-refractivity contribution >= 4 is 11.6 Å². The lowest BCUT2D eigenvalue weighted by molar-refractivity contribution is -0.118. The average Bonchev–Trinajstić information content (AvgIpc) is 2.80. The van der Waals surface area contributed by atoms with E-state index >= 15 is 0 Å². The quantitative estimate of drug-likeness (QED) is 0.782. The van der Waals surface area contributed by atoms with E-state index in [9.17, 15) is 9.59 Å². The van der Waals surface area contributed by atoms with E-state index < -0.39 is 0 Å². The Morgan fingerprint density at radius 3 is 2.30 bits per heavy atom. The first-order chi connectivity index (χ1) is 9.52. The van der Waals surface area contributed by atoms with Crippen molar-refractivity contribution in [2.75, 3.05) is 0 Å². The van der Waals surface area contributed by atoms with Gasteiger partial charge in [0, 0.05) is 31.1 Å². The van der Waals surface area contributed by atoms with Gasteiger partial charge in [-0.15, -0.1) is 0 Å². The van der Waals surface area contributed by atoms with E-state index in [0.29, 0.717) is 24.1 Å². The van der Waals surface area contributed by atoms with Crippen molar-refractivity contribution in [3.8, 4) is 0 Å². The molecule has 0 amide bonds. The molecule has 0 aliphatic rings. The predicted octanol–water partition coefficient (Wildman–Crippen LogP) is 3.09. The highest BCUT2D eigenvalue weighted by molar-refractivity contribution is 6.08. The molecular weight excluding hydrogens is 250 g/mol. The van der Waals surface area contributed by atoms with Crippen LogP contribution in [0.1, 0.15) is 40.7 Å². The number of rotatable bonds is 5. The number of aromatic nitrogens is 1. The Balaban J connectivity index is 2.27. The summed E-state index contributed by atoms with van der Waals surface area (Å²) in [6, 6.07) is 11.2. The zero-order chi connectivity index (χ0) is 14.7. The van der Waals surface area contributed by atoms with Crippen molar-refractivity contribution in [3.05, 3.63) is 58.9 Å². The lowest BCUT2D eigenvalue weighted by atomic mass is 10.1. The van der Waals surface area contributed by atoms with Crippen LogP contribution in [0.4, 0.5) is 0 Å². The first-order valence-corrected chi connectivity index (χ1v) is 6.80. The molecule has 1 heterocycles. The summed E-state index contributed by atoms with van der Waals surface area (Å²) in [6.07, 6.45) is 0.903. The van der Waals surface area contributed by atoms with Gasteiger partial charge in [0.25, 0.3) is 0 Å². The number of aryl methyl sites for hydroxylation is 1. The van der Waals surface area contributed by atoms with Gasteiger partial charge in [-0.05, 0) is 19.1 Å². The van der Waals surface area contributed by atoms with Gasteiger partial charge in [0.05, 0.1) is 5.69 Å². The van der Waals surface area contributed by atoms with Crippen LogP contribution in [0.25, 0.3) is 0 Å². The Morgan fingerprint density at radius 1 is 1.05 bits per heavy atom. The molecule has 104 valence electrons. The number of nitrogens with zero attached hydrogens (tertiary/aromatic N) is 1. The average molecular weight is 269 g/mol. The highest BCUT2D eigenvalue weighted by Gasteiger charge is 2.15. The second-order valence-electron chi connectivity index (χ2n) is 5.03. The second-order valence-corrected chi connectivity index (χ2v) is 5.03. The molecule has 2 aromatic rings. The van der Waals surface area contributed by atoms with Crippen molar-refractivity contribution in [1.82, 2.24) is 4.57 Å². The molecule has 2 rings (SSSR count). The summed E-state index contributed by atoms with van der Waals surface area (Å²) in [4.78, 5) is 24.0. The summed E-state index contributed by atoms with van der Waals surface area (Å²) >= 11 is 0. The minimum absolute atomic E-state index is 0.0114. The van der Waals surface area contributed by atoms with Crippen molar-refractivity contribution in [1.29, 1.82) is 0 Å². The molecule has 0 fully saturated rings. The Kier molecular flexibility index (Phi) is 4.18. The summed E-state index contributed by atoms with van der Waals surface area (Å²) in [5.74, 6) is 0.170. The molecule has 0 atom stereocenters. The van der Waals surface area contributed by atoms with Gasteiger partial charge in [0.2, 0.25) is 5.78 Å². The van der Waals surface area contributed by atoms with Crippen molar-refractivity contribution in [3.63, 3.8) is 0 Å². The largest absolute Gasteiger partial charge is 0.345 e. The third-order valence-corrected chi connectivity index (χ3v) is 3.54. The standard InChI is InChI=1S/C17H19NO2/c1-4-15(19)11-14-9-10-16(18(14)3)17(20)13-7-5-12(2)6-8-13/h5-10H,4,11H2,1-3H3. The fraction of sp³-hybridized carbons (Fsp3) is 0.294. The van der Waals surface area contributed by atoms with E-state index in [-0.39, 0.29) is 11.6 Å². The van der Waals surface area contributed by atoms with Crippen LogP contribution >= 0.6 is 0 Å². The van der Waals surface area contributed by atoms with E-state index in [1.165, 1.54) is 0 Å². The molecular formula is C17H19NO2.